The lowest BCUT2D eigenvalue weighted by molar-refractivity contribution is 0.102. The first-order chi connectivity index (χ1) is 9.11. The number of hydrogen-bond donors (Lipinski definition) is 1. The van der Waals surface area contributed by atoms with Gasteiger partial charge in [0.1, 0.15) is 6.33 Å². The molecule has 0 atom stereocenters. The SMILES string of the molecule is C=CCn1cnnc1SCC(=O)c1cc(C)[nH]c1C. The molecule has 0 unspecified atom stereocenters. The number of allylic oxidation sites excluding steroid dienone is 1. The molecular formula is C13H16N4OS. The monoisotopic (exact) mass is 276 g/mol. The van der Waals surface area contributed by atoms with Crippen LogP contribution in [0.15, 0.2) is 30.2 Å². The highest BCUT2D eigenvalue weighted by Gasteiger charge is 2.13. The lowest BCUT2D eigenvalue weighted by Gasteiger charge is -2.02. The van der Waals surface area contributed by atoms with Crippen LogP contribution in [0, 0.1) is 13.8 Å². The lowest BCUT2D eigenvalue weighted by Crippen LogP contribution is -2.05. The molecule has 0 spiro atoms. The summed E-state index contributed by atoms with van der Waals surface area (Å²) in [4.78, 5) is 15.3. The molecule has 0 saturated heterocycles. The van der Waals surface area contributed by atoms with E-state index in [0.717, 1.165) is 22.1 Å². The van der Waals surface area contributed by atoms with Crippen LogP contribution in [0.4, 0.5) is 0 Å². The standard InChI is InChI=1S/C13H16N4OS/c1-4-5-17-8-14-16-13(17)19-7-12(18)11-6-9(2)15-10(11)3/h4,6,8,15H,1,5,7H2,2-3H3. The Morgan fingerprint density at radius 2 is 2.37 bits per heavy atom. The van der Waals surface area contributed by atoms with Gasteiger partial charge in [-0.2, -0.15) is 0 Å². The molecule has 0 bridgehead atoms. The van der Waals surface area contributed by atoms with Gasteiger partial charge in [-0.3, -0.25) is 4.79 Å². The van der Waals surface area contributed by atoms with Crippen LogP contribution in [-0.4, -0.2) is 31.3 Å². The number of ketones is 1. The van der Waals surface area contributed by atoms with Gasteiger partial charge >= 0.3 is 0 Å². The van der Waals surface area contributed by atoms with E-state index in [0.29, 0.717) is 12.3 Å². The van der Waals surface area contributed by atoms with Crippen molar-refractivity contribution >= 4 is 17.5 Å². The van der Waals surface area contributed by atoms with Crippen LogP contribution in [0.2, 0.25) is 0 Å². The third-order valence-corrected chi connectivity index (χ3v) is 3.67. The number of aromatic nitrogens is 4. The molecule has 0 saturated carbocycles. The van der Waals surface area contributed by atoms with E-state index >= 15 is 0 Å². The number of H-pyrrole nitrogens is 1. The molecule has 100 valence electrons. The fourth-order valence-corrected chi connectivity index (χ4v) is 2.65. The van der Waals surface area contributed by atoms with Crippen LogP contribution in [0.25, 0.3) is 0 Å². The van der Waals surface area contributed by atoms with Crippen LogP contribution >= 0.6 is 11.8 Å². The third kappa shape index (κ3) is 3.14. The number of nitrogens with one attached hydrogen (secondary N) is 1. The first-order valence-corrected chi connectivity index (χ1v) is 6.91. The van der Waals surface area contributed by atoms with Crippen molar-refractivity contribution in [3.8, 4) is 0 Å². The maximum atomic E-state index is 12.1. The molecule has 0 aliphatic heterocycles. The molecule has 0 fully saturated rings. The summed E-state index contributed by atoms with van der Waals surface area (Å²) in [6.45, 7) is 8.17. The van der Waals surface area contributed by atoms with Crippen molar-refractivity contribution < 1.29 is 4.79 Å². The predicted octanol–water partition coefficient (Wildman–Crippen LogP) is 2.38. The summed E-state index contributed by atoms with van der Waals surface area (Å²) >= 11 is 1.39. The molecule has 2 rings (SSSR count). The second-order valence-electron chi connectivity index (χ2n) is 4.26. The van der Waals surface area contributed by atoms with Gasteiger partial charge in [0.2, 0.25) is 0 Å². The molecule has 0 radical (unpaired) electrons. The molecule has 2 aromatic heterocycles. The molecule has 0 aromatic carbocycles. The molecule has 19 heavy (non-hydrogen) atoms. The van der Waals surface area contributed by atoms with E-state index in [1.54, 1.807) is 12.4 Å². The Bertz CT molecular complexity index is 600. The van der Waals surface area contributed by atoms with Gasteiger partial charge in [0.15, 0.2) is 10.9 Å². The summed E-state index contributed by atoms with van der Waals surface area (Å²) in [5, 5.41) is 8.57. The highest BCUT2D eigenvalue weighted by Crippen LogP contribution is 2.18. The summed E-state index contributed by atoms with van der Waals surface area (Å²) in [6, 6.07) is 1.88. The van der Waals surface area contributed by atoms with Crippen molar-refractivity contribution in [3.63, 3.8) is 0 Å². The number of carbonyl (C=O) groups excluding carboxylic acids is 1. The highest BCUT2D eigenvalue weighted by molar-refractivity contribution is 7.99. The molecule has 5 nitrogen and oxygen atoms in total. The zero-order valence-electron chi connectivity index (χ0n) is 11.0. The summed E-state index contributed by atoms with van der Waals surface area (Å²) in [7, 11) is 0. The normalized spacial score (nSPS) is 10.6. The first kappa shape index (κ1) is 13.6. The van der Waals surface area contributed by atoms with Crippen molar-refractivity contribution in [2.75, 3.05) is 5.75 Å². The number of aryl methyl sites for hydroxylation is 2. The van der Waals surface area contributed by atoms with E-state index in [4.69, 9.17) is 0 Å². The average Bonchev–Trinajstić information content (AvgIpc) is 2.93. The summed E-state index contributed by atoms with van der Waals surface area (Å²) in [5.41, 5.74) is 2.66. The Morgan fingerprint density at radius 3 is 3.00 bits per heavy atom. The number of aromatic amines is 1. The van der Waals surface area contributed by atoms with Crippen molar-refractivity contribution in [1.82, 2.24) is 19.7 Å². The van der Waals surface area contributed by atoms with Crippen molar-refractivity contribution in [3.05, 3.63) is 42.0 Å². The van der Waals surface area contributed by atoms with Crippen molar-refractivity contribution in [2.24, 2.45) is 0 Å². The van der Waals surface area contributed by atoms with Crippen LogP contribution in [0.5, 0.6) is 0 Å². The quantitative estimate of drug-likeness (QED) is 0.500. The Balaban J connectivity index is 2.02. The van der Waals surface area contributed by atoms with Gasteiger partial charge in [-0.15, -0.1) is 16.8 Å². The Hall–Kier alpha value is -1.82. The minimum atomic E-state index is 0.0972. The number of rotatable bonds is 6. The van der Waals surface area contributed by atoms with Gasteiger partial charge in [0, 0.05) is 23.5 Å². The topological polar surface area (TPSA) is 63.6 Å². The second-order valence-corrected chi connectivity index (χ2v) is 5.20. The van der Waals surface area contributed by atoms with Gasteiger partial charge in [0.25, 0.3) is 0 Å². The van der Waals surface area contributed by atoms with E-state index in [-0.39, 0.29) is 5.78 Å². The van der Waals surface area contributed by atoms with Crippen LogP contribution in [0.3, 0.4) is 0 Å². The second kappa shape index (κ2) is 5.88. The molecule has 1 N–H and O–H groups in total. The summed E-state index contributed by atoms with van der Waals surface area (Å²) in [5.74, 6) is 0.452. The maximum absolute atomic E-state index is 12.1. The van der Waals surface area contributed by atoms with E-state index in [1.165, 1.54) is 11.8 Å². The van der Waals surface area contributed by atoms with Gasteiger partial charge in [0.05, 0.1) is 5.75 Å². The number of Topliss-reactive ketones (excluding diaryl/α,β-unsaturated/α-hetero) is 1. The molecule has 2 heterocycles. The molecule has 6 heteroatoms. The third-order valence-electron chi connectivity index (χ3n) is 2.69. The average molecular weight is 276 g/mol. The van der Waals surface area contributed by atoms with Crippen LogP contribution in [0.1, 0.15) is 21.7 Å². The Morgan fingerprint density at radius 1 is 1.58 bits per heavy atom. The molecule has 2 aromatic rings. The maximum Gasteiger partial charge on any atom is 0.191 e. The van der Waals surface area contributed by atoms with Crippen LogP contribution < -0.4 is 0 Å². The Labute approximate surface area is 116 Å². The number of thioether (sulfide) groups is 1. The minimum Gasteiger partial charge on any atom is -0.362 e. The van der Waals surface area contributed by atoms with Crippen LogP contribution in [-0.2, 0) is 6.54 Å². The molecule has 0 aliphatic rings. The highest BCUT2D eigenvalue weighted by atomic mass is 32.2. The first-order valence-electron chi connectivity index (χ1n) is 5.92. The molecule has 0 amide bonds. The molecule has 0 aliphatic carbocycles. The minimum absolute atomic E-state index is 0.0972. The fraction of sp³-hybridized carbons (Fsp3) is 0.308. The number of carbonyl (C=O) groups is 1. The summed E-state index contributed by atoms with van der Waals surface area (Å²) < 4.78 is 1.86. The number of hydrogen-bond acceptors (Lipinski definition) is 4. The van der Waals surface area contributed by atoms with Crippen molar-refractivity contribution in [2.45, 2.75) is 25.5 Å². The van der Waals surface area contributed by atoms with E-state index < -0.39 is 0 Å². The Kier molecular flexibility index (Phi) is 4.21. The van der Waals surface area contributed by atoms with Gasteiger partial charge in [-0.1, -0.05) is 17.8 Å². The zero-order chi connectivity index (χ0) is 13.8. The van der Waals surface area contributed by atoms with E-state index in [9.17, 15) is 4.79 Å². The van der Waals surface area contributed by atoms with E-state index in [2.05, 4.69) is 21.8 Å². The van der Waals surface area contributed by atoms with Gasteiger partial charge < -0.3 is 9.55 Å². The largest absolute Gasteiger partial charge is 0.362 e. The zero-order valence-corrected chi connectivity index (χ0v) is 11.8. The van der Waals surface area contributed by atoms with Crippen molar-refractivity contribution in [1.29, 1.82) is 0 Å². The summed E-state index contributed by atoms with van der Waals surface area (Å²) in [6.07, 6.45) is 3.41. The number of nitrogens with zero attached hydrogens (tertiary/aromatic N) is 3. The van der Waals surface area contributed by atoms with Gasteiger partial charge in [-0.05, 0) is 19.9 Å². The lowest BCUT2D eigenvalue weighted by atomic mass is 10.2. The molecular weight excluding hydrogens is 260 g/mol. The fourth-order valence-electron chi connectivity index (χ4n) is 1.84. The van der Waals surface area contributed by atoms with Gasteiger partial charge in [-0.25, -0.2) is 0 Å². The van der Waals surface area contributed by atoms with E-state index in [1.807, 2.05) is 24.5 Å². The predicted molar refractivity (Wildman–Crippen MR) is 75.5 cm³/mol. The smallest absolute Gasteiger partial charge is 0.191 e.